The van der Waals surface area contributed by atoms with Gasteiger partial charge in [0, 0.05) is 18.8 Å². The van der Waals surface area contributed by atoms with Crippen molar-refractivity contribution in [2.75, 3.05) is 6.61 Å². The second-order valence-electron chi connectivity index (χ2n) is 12.3. The molecule has 220 valence electrons. The van der Waals surface area contributed by atoms with Crippen molar-refractivity contribution in [3.8, 4) is 0 Å². The Bertz CT molecular complexity index is 1330. The van der Waals surface area contributed by atoms with Crippen molar-refractivity contribution in [3.63, 3.8) is 0 Å². The van der Waals surface area contributed by atoms with Gasteiger partial charge in [0.15, 0.2) is 11.2 Å². The molecule has 2 spiro atoms. The minimum absolute atomic E-state index is 0.0773. The number of fused-ring (bicyclic) bond motifs is 2. The number of carbonyl (C=O) groups excluding carboxylic acids is 5. The number of ether oxygens (including phenoxy) is 3. The predicted octanol–water partition coefficient (Wildman–Crippen LogP) is 4.49. The Morgan fingerprint density at radius 3 is 2.32 bits per heavy atom. The molecule has 7 atom stereocenters. The summed E-state index contributed by atoms with van der Waals surface area (Å²) in [5, 5.41) is 0. The number of rotatable bonds is 4. The Hall–Kier alpha value is -3.50. The molecule has 8 nitrogen and oxygen atoms in total. The highest BCUT2D eigenvalue weighted by Crippen LogP contribution is 2.68. The Morgan fingerprint density at radius 1 is 1.07 bits per heavy atom. The predicted molar refractivity (Wildman–Crippen MR) is 135 cm³/mol. The monoisotopic (exact) mass is 576 g/mol. The number of cyclic esters (lactones) is 1. The molecule has 0 amide bonds. The number of alkyl halides is 3. The molecule has 1 aliphatic heterocycles. The van der Waals surface area contributed by atoms with E-state index in [1.54, 1.807) is 0 Å². The van der Waals surface area contributed by atoms with Crippen LogP contribution < -0.4 is 0 Å². The molecule has 2 bridgehead atoms. The number of ketones is 1. The smallest absolute Gasteiger partial charge is 0.416 e. The summed E-state index contributed by atoms with van der Waals surface area (Å²) in [5.74, 6) is -5.60. The molecule has 5 rings (SSSR count). The van der Waals surface area contributed by atoms with E-state index in [2.05, 4.69) is 6.58 Å². The van der Waals surface area contributed by atoms with Gasteiger partial charge in [0.2, 0.25) is 0 Å². The molecule has 0 aromatic heterocycles. The fourth-order valence-corrected chi connectivity index (χ4v) is 8.09. The molecule has 41 heavy (non-hydrogen) atoms. The van der Waals surface area contributed by atoms with Crippen LogP contribution in [-0.2, 0) is 39.6 Å². The first-order chi connectivity index (χ1) is 19.1. The van der Waals surface area contributed by atoms with E-state index in [0.717, 1.165) is 30.6 Å². The molecular weight excluding hydrogens is 545 g/mol. The summed E-state index contributed by atoms with van der Waals surface area (Å²) in [6, 6.07) is 3.41. The zero-order valence-corrected chi connectivity index (χ0v) is 22.9. The van der Waals surface area contributed by atoms with Crippen molar-refractivity contribution in [1.29, 1.82) is 0 Å². The number of hydrogen-bond acceptors (Lipinski definition) is 8. The molecule has 0 N–H and O–H groups in total. The van der Waals surface area contributed by atoms with Gasteiger partial charge in [-0.25, -0.2) is 4.79 Å². The van der Waals surface area contributed by atoms with Crippen molar-refractivity contribution in [2.45, 2.75) is 64.8 Å². The third-order valence-corrected chi connectivity index (χ3v) is 9.88. The maximum absolute atomic E-state index is 14.0. The minimum atomic E-state index is -4.61. The van der Waals surface area contributed by atoms with E-state index in [1.807, 2.05) is 13.8 Å². The van der Waals surface area contributed by atoms with Crippen molar-refractivity contribution >= 4 is 30.0 Å². The Balaban J connectivity index is 1.62. The number of carbonyl (C=O) groups is 5. The summed E-state index contributed by atoms with van der Waals surface area (Å²) in [5.41, 5.74) is -5.02. The molecule has 1 heterocycles. The SMILES string of the molecule is C=C1C(=O)[C@@]23C(=O)OC[C@]4([C@@H](OC(C)=O)CCC(C)(C)[C@H]4C=O)[C@@H]2CC[C@@H]1[C@H]3OC(=O)c1ccc(C(F)(F)F)cc1. The van der Waals surface area contributed by atoms with Gasteiger partial charge < -0.3 is 19.0 Å². The lowest BCUT2D eigenvalue weighted by Crippen LogP contribution is -2.71. The first-order valence-corrected chi connectivity index (χ1v) is 13.5. The van der Waals surface area contributed by atoms with Gasteiger partial charge in [-0.05, 0) is 66.9 Å². The molecule has 3 aliphatic carbocycles. The molecule has 0 radical (unpaired) electrons. The summed E-state index contributed by atoms with van der Waals surface area (Å²) in [6.07, 6.45) is -4.62. The third-order valence-electron chi connectivity index (χ3n) is 9.88. The second-order valence-corrected chi connectivity index (χ2v) is 12.3. The van der Waals surface area contributed by atoms with Crippen LogP contribution in [0, 0.1) is 34.0 Å². The summed E-state index contributed by atoms with van der Waals surface area (Å²) in [6.45, 7) is 8.66. The van der Waals surface area contributed by atoms with Gasteiger partial charge in [-0.15, -0.1) is 0 Å². The van der Waals surface area contributed by atoms with Gasteiger partial charge in [-0.1, -0.05) is 20.4 Å². The van der Waals surface area contributed by atoms with Gasteiger partial charge in [0.05, 0.1) is 16.5 Å². The lowest BCUT2D eigenvalue weighted by atomic mass is 9.43. The Labute approximate surface area is 234 Å². The van der Waals surface area contributed by atoms with Gasteiger partial charge in [0.25, 0.3) is 0 Å². The summed E-state index contributed by atoms with van der Waals surface area (Å²) >= 11 is 0. The zero-order chi connectivity index (χ0) is 30.1. The molecule has 1 aromatic carbocycles. The number of Topliss-reactive ketones (excluding diaryl/α,β-unsaturated/α-hetero) is 1. The maximum atomic E-state index is 14.0. The highest BCUT2D eigenvalue weighted by Gasteiger charge is 2.79. The molecule has 4 aliphatic rings. The molecule has 0 unspecified atom stereocenters. The van der Waals surface area contributed by atoms with Crippen LogP contribution in [0.4, 0.5) is 13.2 Å². The second kappa shape index (κ2) is 9.52. The van der Waals surface area contributed by atoms with Crippen LogP contribution in [0.5, 0.6) is 0 Å². The van der Waals surface area contributed by atoms with E-state index in [4.69, 9.17) is 14.2 Å². The fourth-order valence-electron chi connectivity index (χ4n) is 8.09. The Morgan fingerprint density at radius 2 is 1.73 bits per heavy atom. The molecule has 1 aromatic rings. The van der Waals surface area contributed by atoms with Gasteiger partial charge in [-0.3, -0.25) is 14.4 Å². The van der Waals surface area contributed by atoms with Crippen LogP contribution in [0.15, 0.2) is 36.4 Å². The van der Waals surface area contributed by atoms with Crippen LogP contribution in [0.25, 0.3) is 0 Å². The van der Waals surface area contributed by atoms with E-state index in [-0.39, 0.29) is 30.6 Å². The first kappa shape index (κ1) is 29.0. The summed E-state index contributed by atoms with van der Waals surface area (Å²) in [7, 11) is 0. The van der Waals surface area contributed by atoms with Gasteiger partial charge in [-0.2, -0.15) is 13.2 Å². The normalized spacial score (nSPS) is 35.9. The van der Waals surface area contributed by atoms with E-state index >= 15 is 0 Å². The quantitative estimate of drug-likeness (QED) is 0.169. The highest BCUT2D eigenvalue weighted by atomic mass is 19.4. The standard InChI is InChI=1S/C30H31F3O8/c1-15-19-9-10-20-28(21(13-34)27(3,4)12-11-22(28)40-16(2)35)14-39-26(38)29(20,23(15)36)24(19)41-25(37)17-5-7-18(8-6-17)30(31,32)33/h5-8,13,19-22,24H,1,9-12,14H2,2-4H3/t19-,20-,21+,22-,24+,28-,29-/m0/s1. The number of benzene rings is 1. The highest BCUT2D eigenvalue weighted by molar-refractivity contribution is 6.16. The zero-order valence-electron chi connectivity index (χ0n) is 22.9. The van der Waals surface area contributed by atoms with Crippen LogP contribution >= 0.6 is 0 Å². The number of esters is 3. The third kappa shape index (κ3) is 4.06. The first-order valence-electron chi connectivity index (χ1n) is 13.5. The van der Waals surface area contributed by atoms with Crippen LogP contribution in [-0.4, -0.2) is 48.8 Å². The Kier molecular flexibility index (Phi) is 6.74. The minimum Gasteiger partial charge on any atom is -0.464 e. The molecular formula is C30H31F3O8. The number of halogens is 3. The van der Waals surface area contributed by atoms with Gasteiger partial charge in [0.1, 0.15) is 25.1 Å². The number of hydrogen-bond donors (Lipinski definition) is 0. The van der Waals surface area contributed by atoms with Crippen LogP contribution in [0.3, 0.4) is 0 Å². The summed E-state index contributed by atoms with van der Waals surface area (Å²) < 4.78 is 56.5. The van der Waals surface area contributed by atoms with Crippen molar-refractivity contribution < 1.29 is 51.4 Å². The van der Waals surface area contributed by atoms with Gasteiger partial charge >= 0.3 is 24.1 Å². The lowest BCUT2D eigenvalue weighted by molar-refractivity contribution is -0.250. The lowest BCUT2D eigenvalue weighted by Gasteiger charge is -2.62. The molecule has 1 saturated heterocycles. The van der Waals surface area contributed by atoms with E-state index < -0.39 is 81.6 Å². The van der Waals surface area contributed by atoms with Crippen molar-refractivity contribution in [2.24, 2.45) is 34.0 Å². The van der Waals surface area contributed by atoms with E-state index in [0.29, 0.717) is 12.8 Å². The van der Waals surface area contributed by atoms with E-state index in [9.17, 15) is 37.1 Å². The molecule has 4 fully saturated rings. The fraction of sp³-hybridized carbons (Fsp3) is 0.567. The average molecular weight is 577 g/mol. The van der Waals surface area contributed by atoms with Crippen LogP contribution in [0.2, 0.25) is 0 Å². The molecule has 3 saturated carbocycles. The number of aldehydes is 1. The largest absolute Gasteiger partial charge is 0.464 e. The maximum Gasteiger partial charge on any atom is 0.416 e. The average Bonchev–Trinajstić information content (AvgIpc) is 3.01. The van der Waals surface area contributed by atoms with Crippen molar-refractivity contribution in [3.05, 3.63) is 47.5 Å². The van der Waals surface area contributed by atoms with E-state index in [1.165, 1.54) is 6.92 Å². The molecule has 11 heteroatoms. The summed E-state index contributed by atoms with van der Waals surface area (Å²) in [4.78, 5) is 66.0. The van der Waals surface area contributed by atoms with Crippen LogP contribution in [0.1, 0.15) is 62.4 Å². The topological polar surface area (TPSA) is 113 Å². The van der Waals surface area contributed by atoms with Crippen molar-refractivity contribution in [1.82, 2.24) is 0 Å².